The van der Waals surface area contributed by atoms with E-state index in [0.717, 1.165) is 5.56 Å². The van der Waals surface area contributed by atoms with Gasteiger partial charge in [0.05, 0.1) is 10.0 Å². The van der Waals surface area contributed by atoms with Crippen molar-refractivity contribution in [2.75, 3.05) is 11.9 Å². The van der Waals surface area contributed by atoms with E-state index < -0.39 is 18.5 Å². The first-order valence-corrected chi connectivity index (χ1v) is 8.21. The molecular formula is C17H13Cl3N2O3. The molecule has 0 aliphatic carbocycles. The summed E-state index contributed by atoms with van der Waals surface area (Å²) in [6, 6.07) is 6.94. The maximum Gasteiger partial charge on any atom is 0.331 e. The zero-order chi connectivity index (χ0) is 18.4. The standard InChI is InChI=1S/C17H13Cl3N2O3/c1-10-13(19)8-21-17(16(10)20)22-14(23)9-25-15(24)6-5-11-3-2-4-12(18)7-11/h2-8H,9H2,1H3,(H,21,22,23). The Morgan fingerprint density at radius 2 is 2.04 bits per heavy atom. The van der Waals surface area contributed by atoms with Gasteiger partial charge in [0.2, 0.25) is 0 Å². The summed E-state index contributed by atoms with van der Waals surface area (Å²) in [5.74, 6) is -1.08. The molecular weight excluding hydrogens is 387 g/mol. The molecule has 0 radical (unpaired) electrons. The number of hydrogen-bond donors (Lipinski definition) is 1. The first-order chi connectivity index (χ1) is 11.9. The van der Waals surface area contributed by atoms with Crippen LogP contribution in [0.1, 0.15) is 11.1 Å². The van der Waals surface area contributed by atoms with E-state index in [1.807, 2.05) is 0 Å². The number of nitrogens with zero attached hydrogens (tertiary/aromatic N) is 1. The SMILES string of the molecule is Cc1c(Cl)cnc(NC(=O)COC(=O)C=Cc2cccc(Cl)c2)c1Cl. The van der Waals surface area contributed by atoms with Gasteiger partial charge in [-0.2, -0.15) is 0 Å². The van der Waals surface area contributed by atoms with Crippen LogP contribution in [-0.4, -0.2) is 23.5 Å². The molecule has 0 atom stereocenters. The van der Waals surface area contributed by atoms with Crippen LogP contribution in [-0.2, 0) is 14.3 Å². The lowest BCUT2D eigenvalue weighted by Crippen LogP contribution is -2.21. The normalized spacial score (nSPS) is 10.7. The highest BCUT2D eigenvalue weighted by Crippen LogP contribution is 2.28. The molecule has 5 nitrogen and oxygen atoms in total. The van der Waals surface area contributed by atoms with Gasteiger partial charge < -0.3 is 10.1 Å². The summed E-state index contributed by atoms with van der Waals surface area (Å²) in [6.45, 7) is 1.22. The van der Waals surface area contributed by atoms with E-state index in [2.05, 4.69) is 10.3 Å². The minimum Gasteiger partial charge on any atom is -0.452 e. The zero-order valence-electron chi connectivity index (χ0n) is 13.1. The van der Waals surface area contributed by atoms with Crippen LogP contribution in [0, 0.1) is 6.92 Å². The quantitative estimate of drug-likeness (QED) is 0.592. The van der Waals surface area contributed by atoms with Crippen molar-refractivity contribution in [3.05, 3.63) is 62.7 Å². The number of ether oxygens (including phenoxy) is 1. The van der Waals surface area contributed by atoms with Gasteiger partial charge >= 0.3 is 5.97 Å². The topological polar surface area (TPSA) is 68.3 Å². The lowest BCUT2D eigenvalue weighted by Gasteiger charge is -2.09. The highest BCUT2D eigenvalue weighted by molar-refractivity contribution is 6.37. The fourth-order valence-corrected chi connectivity index (χ4v) is 2.36. The number of hydrogen-bond acceptors (Lipinski definition) is 4. The summed E-state index contributed by atoms with van der Waals surface area (Å²) in [4.78, 5) is 27.4. The molecule has 0 bridgehead atoms. The lowest BCUT2D eigenvalue weighted by molar-refractivity contribution is -0.142. The minimum absolute atomic E-state index is 0.152. The summed E-state index contributed by atoms with van der Waals surface area (Å²) in [6.07, 6.45) is 4.11. The van der Waals surface area contributed by atoms with Crippen molar-refractivity contribution in [3.8, 4) is 0 Å². The van der Waals surface area contributed by atoms with Gasteiger partial charge in [-0.25, -0.2) is 9.78 Å². The first-order valence-electron chi connectivity index (χ1n) is 7.07. The number of rotatable bonds is 5. The van der Waals surface area contributed by atoms with Gasteiger partial charge in [-0.3, -0.25) is 4.79 Å². The van der Waals surface area contributed by atoms with E-state index >= 15 is 0 Å². The molecule has 1 amide bonds. The Balaban J connectivity index is 1.87. The molecule has 0 saturated heterocycles. The minimum atomic E-state index is -0.665. The highest BCUT2D eigenvalue weighted by Gasteiger charge is 2.12. The Hall–Kier alpha value is -2.08. The van der Waals surface area contributed by atoms with E-state index in [1.54, 1.807) is 31.2 Å². The van der Waals surface area contributed by atoms with Gasteiger partial charge in [-0.1, -0.05) is 46.9 Å². The summed E-state index contributed by atoms with van der Waals surface area (Å²) in [7, 11) is 0. The van der Waals surface area contributed by atoms with Gasteiger partial charge in [0.15, 0.2) is 12.4 Å². The fraction of sp³-hybridized carbons (Fsp3) is 0.118. The van der Waals surface area contributed by atoms with Crippen LogP contribution in [0.4, 0.5) is 5.82 Å². The first kappa shape index (κ1) is 19.2. The predicted molar refractivity (Wildman–Crippen MR) is 99.1 cm³/mol. The fourth-order valence-electron chi connectivity index (χ4n) is 1.77. The van der Waals surface area contributed by atoms with E-state index in [-0.39, 0.29) is 10.8 Å². The second-order valence-corrected chi connectivity index (χ2v) is 6.16. The van der Waals surface area contributed by atoms with E-state index in [9.17, 15) is 9.59 Å². The molecule has 8 heteroatoms. The monoisotopic (exact) mass is 398 g/mol. The van der Waals surface area contributed by atoms with Crippen LogP contribution in [0.3, 0.4) is 0 Å². The van der Waals surface area contributed by atoms with Crippen molar-refractivity contribution in [1.82, 2.24) is 4.98 Å². The van der Waals surface area contributed by atoms with Gasteiger partial charge in [-0.15, -0.1) is 0 Å². The molecule has 1 N–H and O–H groups in total. The Labute approximate surface area is 159 Å². The molecule has 1 aromatic carbocycles. The summed E-state index contributed by atoms with van der Waals surface area (Å²) < 4.78 is 4.85. The molecule has 0 spiro atoms. The molecule has 0 aliphatic heterocycles. The number of anilines is 1. The average molecular weight is 400 g/mol. The van der Waals surface area contributed by atoms with Crippen molar-refractivity contribution in [2.24, 2.45) is 0 Å². The summed E-state index contributed by atoms with van der Waals surface area (Å²) in [5.41, 5.74) is 1.33. The van der Waals surface area contributed by atoms with Gasteiger partial charge in [0.25, 0.3) is 5.91 Å². The number of esters is 1. The smallest absolute Gasteiger partial charge is 0.331 e. The molecule has 0 fully saturated rings. The van der Waals surface area contributed by atoms with E-state index in [4.69, 9.17) is 39.5 Å². The molecule has 25 heavy (non-hydrogen) atoms. The lowest BCUT2D eigenvalue weighted by atomic mass is 10.2. The Morgan fingerprint density at radius 3 is 2.76 bits per heavy atom. The highest BCUT2D eigenvalue weighted by atomic mass is 35.5. The van der Waals surface area contributed by atoms with Gasteiger partial charge in [-0.05, 0) is 36.3 Å². The summed E-state index contributed by atoms with van der Waals surface area (Å²) in [5, 5.41) is 3.63. The Bertz CT molecular complexity index is 838. The molecule has 2 rings (SSSR count). The third-order valence-electron chi connectivity index (χ3n) is 3.07. The van der Waals surface area contributed by atoms with Crippen LogP contribution in [0.15, 0.2) is 36.5 Å². The van der Waals surface area contributed by atoms with Crippen LogP contribution in [0.25, 0.3) is 6.08 Å². The Kier molecular flexibility index (Phi) is 6.82. The van der Waals surface area contributed by atoms with Crippen molar-refractivity contribution in [3.63, 3.8) is 0 Å². The third-order valence-corrected chi connectivity index (χ3v) is 4.14. The molecule has 1 heterocycles. The maximum absolute atomic E-state index is 11.8. The van der Waals surface area contributed by atoms with Crippen LogP contribution >= 0.6 is 34.8 Å². The molecule has 0 aliphatic rings. The second kappa shape index (κ2) is 8.85. The van der Waals surface area contributed by atoms with Crippen molar-refractivity contribution < 1.29 is 14.3 Å². The molecule has 130 valence electrons. The number of amides is 1. The number of nitrogens with one attached hydrogen (secondary N) is 1. The zero-order valence-corrected chi connectivity index (χ0v) is 15.3. The second-order valence-electron chi connectivity index (χ2n) is 4.94. The van der Waals surface area contributed by atoms with Crippen LogP contribution in [0.2, 0.25) is 15.1 Å². The van der Waals surface area contributed by atoms with Crippen LogP contribution in [0.5, 0.6) is 0 Å². The van der Waals surface area contributed by atoms with Crippen LogP contribution < -0.4 is 5.32 Å². The third kappa shape index (κ3) is 5.74. The largest absolute Gasteiger partial charge is 0.452 e. The molecule has 0 saturated carbocycles. The average Bonchev–Trinajstić information content (AvgIpc) is 2.59. The molecule has 0 unspecified atom stereocenters. The number of aromatic nitrogens is 1. The number of carbonyl (C=O) groups excluding carboxylic acids is 2. The number of carbonyl (C=O) groups is 2. The van der Waals surface area contributed by atoms with E-state index in [0.29, 0.717) is 15.6 Å². The predicted octanol–water partition coefficient (Wildman–Crippen LogP) is 4.55. The maximum atomic E-state index is 11.8. The molecule has 2 aromatic rings. The van der Waals surface area contributed by atoms with Gasteiger partial charge in [0, 0.05) is 17.3 Å². The number of pyridine rings is 1. The van der Waals surface area contributed by atoms with Crippen molar-refractivity contribution in [2.45, 2.75) is 6.92 Å². The van der Waals surface area contributed by atoms with Gasteiger partial charge in [0.1, 0.15) is 0 Å². The molecule has 1 aromatic heterocycles. The van der Waals surface area contributed by atoms with E-state index in [1.165, 1.54) is 18.3 Å². The Morgan fingerprint density at radius 1 is 1.28 bits per heavy atom. The number of benzene rings is 1. The summed E-state index contributed by atoms with van der Waals surface area (Å²) >= 11 is 17.8. The number of halogens is 3. The van der Waals surface area contributed by atoms with Crippen molar-refractivity contribution >= 4 is 58.6 Å². The van der Waals surface area contributed by atoms with Crippen molar-refractivity contribution in [1.29, 1.82) is 0 Å².